The van der Waals surface area contributed by atoms with E-state index >= 15 is 0 Å². The van der Waals surface area contributed by atoms with Crippen molar-refractivity contribution in [1.82, 2.24) is 21.4 Å². The Morgan fingerprint density at radius 2 is 1.15 bits per heavy atom. The van der Waals surface area contributed by atoms with Crippen LogP contribution >= 0.6 is 0 Å². The number of ether oxygens (including phenoxy) is 7. The lowest BCUT2D eigenvalue weighted by Crippen LogP contribution is -2.48. The number of nitrogens with one attached hydrogen (secondary N) is 4. The standard InChI is InChI=1S/C29H58N6O12/c1-29(2,3)47-28(39)35-46-21-20-43-15-14-42-13-10-33-27(38)24(34-26(37)23-45-19-17-41-12-8-31)6-4-5-9-32-25(36)22-44-18-16-40-11-7-30/h24H,4-23,30-31H2,1-3H3,(H,32,36)(H,33,38)(H,34,37)(H,35,39). The Bertz CT molecular complexity index is 819. The monoisotopic (exact) mass is 682 g/mol. The number of hydrogen-bond donors (Lipinski definition) is 6. The summed E-state index contributed by atoms with van der Waals surface area (Å²) in [4.78, 5) is 53.6. The number of hydroxylamine groups is 1. The summed E-state index contributed by atoms with van der Waals surface area (Å²) >= 11 is 0. The minimum Gasteiger partial charge on any atom is -0.442 e. The zero-order chi connectivity index (χ0) is 35.0. The van der Waals surface area contributed by atoms with Crippen LogP contribution in [0.4, 0.5) is 4.79 Å². The minimum atomic E-state index is -0.801. The highest BCUT2D eigenvalue weighted by Gasteiger charge is 2.20. The van der Waals surface area contributed by atoms with Crippen LogP contribution in [0.15, 0.2) is 0 Å². The van der Waals surface area contributed by atoms with Crippen molar-refractivity contribution in [3.63, 3.8) is 0 Å². The largest absolute Gasteiger partial charge is 0.442 e. The third kappa shape index (κ3) is 31.7. The van der Waals surface area contributed by atoms with Gasteiger partial charge in [0.25, 0.3) is 0 Å². The first kappa shape index (κ1) is 44.3. The van der Waals surface area contributed by atoms with E-state index in [9.17, 15) is 19.2 Å². The molecule has 0 aromatic heterocycles. The summed E-state index contributed by atoms with van der Waals surface area (Å²) in [6.45, 7) is 9.50. The maximum atomic E-state index is 12.8. The molecule has 18 heteroatoms. The first-order valence-electron chi connectivity index (χ1n) is 15.9. The molecule has 0 saturated carbocycles. The molecule has 0 aliphatic carbocycles. The van der Waals surface area contributed by atoms with Gasteiger partial charge in [0.1, 0.15) is 24.9 Å². The third-order valence-corrected chi connectivity index (χ3v) is 5.43. The van der Waals surface area contributed by atoms with Gasteiger partial charge in [-0.25, -0.2) is 4.79 Å². The van der Waals surface area contributed by atoms with Gasteiger partial charge in [0.05, 0.1) is 72.7 Å². The molecule has 0 rings (SSSR count). The van der Waals surface area contributed by atoms with E-state index in [1.807, 2.05) is 0 Å². The Morgan fingerprint density at radius 1 is 0.617 bits per heavy atom. The molecule has 8 N–H and O–H groups in total. The predicted molar refractivity (Wildman–Crippen MR) is 170 cm³/mol. The van der Waals surface area contributed by atoms with Crippen LogP contribution in [0.5, 0.6) is 0 Å². The van der Waals surface area contributed by atoms with Gasteiger partial charge >= 0.3 is 6.09 Å². The molecule has 18 nitrogen and oxygen atoms in total. The fourth-order valence-electron chi connectivity index (χ4n) is 3.39. The molecule has 0 aromatic rings. The average molecular weight is 683 g/mol. The molecule has 1 unspecified atom stereocenters. The normalized spacial score (nSPS) is 11.9. The highest BCUT2D eigenvalue weighted by Crippen LogP contribution is 2.06. The van der Waals surface area contributed by atoms with E-state index < -0.39 is 23.6 Å². The van der Waals surface area contributed by atoms with Crippen LogP contribution in [-0.2, 0) is 52.4 Å². The van der Waals surface area contributed by atoms with Crippen molar-refractivity contribution < 1.29 is 57.2 Å². The molecular formula is C29H58N6O12. The maximum Gasteiger partial charge on any atom is 0.431 e. The summed E-state index contributed by atoms with van der Waals surface area (Å²) in [7, 11) is 0. The van der Waals surface area contributed by atoms with E-state index in [2.05, 4.69) is 21.4 Å². The summed E-state index contributed by atoms with van der Waals surface area (Å²) in [6.07, 6.45) is 0.812. The van der Waals surface area contributed by atoms with Gasteiger partial charge in [-0.3, -0.25) is 19.2 Å². The van der Waals surface area contributed by atoms with Gasteiger partial charge in [-0.1, -0.05) is 0 Å². The summed E-state index contributed by atoms with van der Waals surface area (Å²) in [5, 5.41) is 8.21. The first-order chi connectivity index (χ1) is 22.6. The molecule has 0 aromatic carbocycles. The van der Waals surface area contributed by atoms with Crippen molar-refractivity contribution in [2.45, 2.75) is 51.7 Å². The molecule has 0 heterocycles. The molecule has 0 spiro atoms. The lowest BCUT2D eigenvalue weighted by molar-refractivity contribution is -0.132. The number of rotatable bonds is 31. The van der Waals surface area contributed by atoms with E-state index in [1.165, 1.54) is 0 Å². The molecule has 0 saturated heterocycles. The topological polar surface area (TPSA) is 242 Å². The number of carbonyl (C=O) groups is 4. The zero-order valence-electron chi connectivity index (χ0n) is 28.3. The molecule has 47 heavy (non-hydrogen) atoms. The first-order valence-corrected chi connectivity index (χ1v) is 15.9. The van der Waals surface area contributed by atoms with Gasteiger partial charge in [-0.15, -0.1) is 0 Å². The summed E-state index contributed by atoms with van der Waals surface area (Å²) in [5.74, 6) is -1.06. The fourth-order valence-corrected chi connectivity index (χ4v) is 3.39. The second kappa shape index (κ2) is 30.6. The summed E-state index contributed by atoms with van der Waals surface area (Å²) in [6, 6.07) is -0.801. The van der Waals surface area contributed by atoms with E-state index in [4.69, 9.17) is 49.5 Å². The molecule has 0 radical (unpaired) electrons. The molecule has 276 valence electrons. The molecular weight excluding hydrogens is 624 g/mol. The Balaban J connectivity index is 4.29. The Labute approximate surface area is 277 Å². The average Bonchev–Trinajstić information content (AvgIpc) is 3.01. The van der Waals surface area contributed by atoms with Crippen LogP contribution in [0.3, 0.4) is 0 Å². The molecule has 1 atom stereocenters. The van der Waals surface area contributed by atoms with Crippen LogP contribution in [-0.4, -0.2) is 148 Å². The van der Waals surface area contributed by atoms with Gasteiger partial charge in [-0.2, -0.15) is 5.48 Å². The van der Waals surface area contributed by atoms with Crippen LogP contribution in [0.25, 0.3) is 0 Å². The summed E-state index contributed by atoms with van der Waals surface area (Å²) < 4.78 is 36.8. The zero-order valence-corrected chi connectivity index (χ0v) is 28.3. The second-order valence-corrected chi connectivity index (χ2v) is 10.8. The van der Waals surface area contributed by atoms with Crippen molar-refractivity contribution >= 4 is 23.8 Å². The van der Waals surface area contributed by atoms with Crippen molar-refractivity contribution in [3.8, 4) is 0 Å². The van der Waals surface area contributed by atoms with Crippen molar-refractivity contribution in [2.75, 3.05) is 112 Å². The lowest BCUT2D eigenvalue weighted by atomic mass is 10.1. The molecule has 0 fully saturated rings. The smallest absolute Gasteiger partial charge is 0.431 e. The second-order valence-electron chi connectivity index (χ2n) is 10.8. The van der Waals surface area contributed by atoms with E-state index in [0.717, 1.165) is 0 Å². The van der Waals surface area contributed by atoms with Gasteiger partial charge in [-0.05, 0) is 40.0 Å². The fraction of sp³-hybridized carbons (Fsp3) is 0.862. The number of hydrogen-bond acceptors (Lipinski definition) is 14. The molecule has 0 aliphatic heterocycles. The van der Waals surface area contributed by atoms with Crippen LogP contribution < -0.4 is 32.9 Å². The van der Waals surface area contributed by atoms with Crippen LogP contribution in [0.2, 0.25) is 0 Å². The van der Waals surface area contributed by atoms with Crippen LogP contribution in [0, 0.1) is 0 Å². The number of amides is 4. The SMILES string of the molecule is CC(C)(C)OC(=O)NOCCOCCOCCNC(=O)C(CCCCNC(=O)COCCOCCN)NC(=O)COCCOCCN. The Hall–Kier alpha value is -2.68. The molecule has 0 bridgehead atoms. The number of unbranched alkanes of at least 4 members (excludes halogenated alkanes) is 1. The van der Waals surface area contributed by atoms with E-state index in [-0.39, 0.29) is 71.2 Å². The third-order valence-electron chi connectivity index (χ3n) is 5.43. The van der Waals surface area contributed by atoms with Crippen molar-refractivity contribution in [1.29, 1.82) is 0 Å². The molecule has 0 aliphatic rings. The number of carbonyl (C=O) groups excluding carboxylic acids is 4. The quantitative estimate of drug-likeness (QED) is 0.0355. The van der Waals surface area contributed by atoms with Gasteiger partial charge in [0.15, 0.2) is 0 Å². The summed E-state index contributed by atoms with van der Waals surface area (Å²) in [5.41, 5.74) is 12.2. The van der Waals surface area contributed by atoms with E-state index in [1.54, 1.807) is 20.8 Å². The lowest BCUT2D eigenvalue weighted by Gasteiger charge is -2.19. The Morgan fingerprint density at radius 3 is 1.74 bits per heavy atom. The number of nitrogens with two attached hydrogens (primary N) is 2. The van der Waals surface area contributed by atoms with E-state index in [0.29, 0.717) is 71.9 Å². The highest BCUT2D eigenvalue weighted by atomic mass is 16.7. The Kier molecular flexibility index (Phi) is 28.9. The van der Waals surface area contributed by atoms with Gasteiger partial charge < -0.3 is 60.6 Å². The van der Waals surface area contributed by atoms with Crippen molar-refractivity contribution in [2.24, 2.45) is 11.5 Å². The molecule has 4 amide bonds. The maximum absolute atomic E-state index is 12.8. The van der Waals surface area contributed by atoms with Gasteiger partial charge in [0.2, 0.25) is 17.7 Å². The van der Waals surface area contributed by atoms with Crippen molar-refractivity contribution in [3.05, 3.63) is 0 Å². The van der Waals surface area contributed by atoms with Gasteiger partial charge in [0, 0.05) is 26.2 Å². The highest BCUT2D eigenvalue weighted by molar-refractivity contribution is 5.88. The minimum absolute atomic E-state index is 0.0831. The van der Waals surface area contributed by atoms with Crippen LogP contribution in [0.1, 0.15) is 40.0 Å². The predicted octanol–water partition coefficient (Wildman–Crippen LogP) is -1.65.